The molecule has 5 saturated heterocycles. The summed E-state index contributed by atoms with van der Waals surface area (Å²) in [6.45, 7) is 13.1. The molecule has 0 spiro atoms. The number of fused-ring (bicyclic) bond motifs is 1. The number of aliphatic imine (C=N–C) groups is 1. The number of carbonyl (C=O) groups is 9. The molecule has 5 aliphatic heterocycles. The summed E-state index contributed by atoms with van der Waals surface area (Å²) < 4.78 is 62.0. The molecule has 6 heterocycles. The first kappa shape index (κ1) is 92.4. The number of hydrogen-bond donors (Lipinski definition) is 17. The summed E-state index contributed by atoms with van der Waals surface area (Å²) in [5.41, 5.74) is -6.90. The fourth-order valence-electron chi connectivity index (χ4n) is 12.5. The number of likely N-dealkylation sites (tertiary alicyclic amines) is 1. The quantitative estimate of drug-likeness (QED) is 0.0137. The van der Waals surface area contributed by atoms with Crippen molar-refractivity contribution in [3.63, 3.8) is 0 Å². The number of aromatic nitrogens is 1. The van der Waals surface area contributed by atoms with E-state index in [2.05, 4.69) is 26.3 Å². The van der Waals surface area contributed by atoms with Crippen molar-refractivity contribution < 1.29 is 196 Å². The third-order valence-electron chi connectivity index (χ3n) is 17.5. The maximum Gasteiger partial charge on any atom is 1.00 e. The van der Waals surface area contributed by atoms with Gasteiger partial charge in [-0.05, 0) is 113 Å². The average molecular weight is 1580 g/mol. The van der Waals surface area contributed by atoms with Gasteiger partial charge in [-0.2, -0.15) is 0 Å². The number of carboxylic acid groups (broad SMARTS) is 1. The van der Waals surface area contributed by atoms with Crippen LogP contribution in [0.3, 0.4) is 0 Å². The van der Waals surface area contributed by atoms with Crippen LogP contribution >= 0.6 is 0 Å². The normalized spacial score (nSPS) is 31.2. The first-order valence-corrected chi connectivity index (χ1v) is 35.0. The number of ether oxygens (including phenoxy) is 11. The minimum Gasteiger partial charge on any atom is -0.861 e. The Morgan fingerprint density at radius 1 is 0.655 bits per heavy atom. The monoisotopic (exact) mass is 1580 g/mol. The molecule has 5 fully saturated rings. The fourth-order valence-corrected chi connectivity index (χ4v) is 12.5. The molecule has 0 saturated carbocycles. The topological polar surface area (TPSA) is 610 Å². The van der Waals surface area contributed by atoms with Crippen molar-refractivity contribution in [1.29, 1.82) is 0 Å². The van der Waals surface area contributed by atoms with Gasteiger partial charge in [0, 0.05) is 31.1 Å². The molecule has 0 unspecified atom stereocenters. The van der Waals surface area contributed by atoms with Crippen LogP contribution < -0.4 is 55.9 Å². The van der Waals surface area contributed by atoms with E-state index in [0.29, 0.717) is 10.9 Å². The van der Waals surface area contributed by atoms with Crippen LogP contribution in [-0.2, 0) is 92.1 Å². The van der Waals surface area contributed by atoms with E-state index >= 15 is 4.79 Å². The number of carbonyl (C=O) groups excluding carboxylic acids is 8. The second kappa shape index (κ2) is 38.1. The number of amides is 5. The van der Waals surface area contributed by atoms with E-state index in [1.165, 1.54) is 31.5 Å². The van der Waals surface area contributed by atoms with Crippen molar-refractivity contribution in [2.45, 2.75) is 271 Å². The number of para-hydroxylation sites is 1. The van der Waals surface area contributed by atoms with E-state index in [0.717, 1.165) is 4.90 Å². The second-order valence-corrected chi connectivity index (χ2v) is 30.8. The number of esters is 2. The van der Waals surface area contributed by atoms with Gasteiger partial charge >= 0.3 is 59.7 Å². The summed E-state index contributed by atoms with van der Waals surface area (Å²) in [4.78, 5) is 128. The minimum atomic E-state index is -3.37. The van der Waals surface area contributed by atoms with Crippen LogP contribution in [0.2, 0.25) is 0 Å². The maximum atomic E-state index is 15.1. The van der Waals surface area contributed by atoms with Crippen LogP contribution in [0.1, 0.15) is 108 Å². The SMILES string of the molecule is CC(C)(C)OC(=O)CNC(=O)[C@H](CC(=O)OC(C)(C)C)NC(=O)[C@@H]1CCCN1C(=O)[C@H](Cc1cn(C(=O)OC(C)(C)C)c2ccccc12)N=C([O-])CNC(=O)[C@H](CO[C@@H]1OC[C@@H](O[C@@H]2O[C@H](CO)[C@H](O)[C@H](O[C@@H]3O[C@H](CO)[C@H](O)[C@@](O)([C@@H]4O[C@H](C(=O)O)[C@@H](O)[C@H](O)[C@H]4O)[C@H]3O)[C@H]2O)[C@H](O)[C@H]1O)NC(=O)OC(C)(C)C.[Na+]. The van der Waals surface area contributed by atoms with Crippen LogP contribution in [0.15, 0.2) is 35.5 Å². The molecule has 0 aliphatic carbocycles. The van der Waals surface area contributed by atoms with Gasteiger partial charge in [0.1, 0.15) is 139 Å². The van der Waals surface area contributed by atoms with Crippen molar-refractivity contribution in [3.05, 3.63) is 36.0 Å². The van der Waals surface area contributed by atoms with E-state index in [1.54, 1.807) is 86.6 Å². The van der Waals surface area contributed by atoms with Gasteiger partial charge in [-0.25, -0.2) is 14.4 Å². The van der Waals surface area contributed by atoms with Gasteiger partial charge in [0.2, 0.25) is 23.6 Å². The number of nitrogens with one attached hydrogen (secondary N) is 4. The Morgan fingerprint density at radius 3 is 1.85 bits per heavy atom. The van der Waals surface area contributed by atoms with E-state index < -0.39 is 275 Å². The molecule has 5 amide bonds. The Hall–Kier alpha value is -6.50. The van der Waals surface area contributed by atoms with Crippen LogP contribution in [-0.4, -0.2) is 344 Å². The van der Waals surface area contributed by atoms with Crippen molar-refractivity contribution in [3.8, 4) is 0 Å². The first-order chi connectivity index (χ1) is 50.6. The molecule has 42 heteroatoms. The Balaban J connectivity index is 0.0000189. The summed E-state index contributed by atoms with van der Waals surface area (Å²) in [7, 11) is 0. The zero-order valence-corrected chi connectivity index (χ0v) is 65.1. The van der Waals surface area contributed by atoms with Crippen molar-refractivity contribution in [1.82, 2.24) is 30.7 Å². The Morgan fingerprint density at radius 2 is 1.25 bits per heavy atom. The smallest absolute Gasteiger partial charge is 0.861 e. The standard InChI is InChI=1S/C68H103N7O34.Na/c1-64(2,3)106-40(79)21-31(54(90)70-23-41(80)107-65(4,5)6)72-56(92)35-18-15-19-74(35)57(93)32(20-29-24-75(63(97)109-67(10,11)12)34-17-14-13-16-30(29)34)71-39(78)22-69-55(91)33(73-62(96)108-66(7,8)9)27-99-59-47(86)42(81)38(28-100-59)103-60-48(87)49(43(82)36(25-76)101-60)105-61-52(89)68(98,51(88)37(26-77)102-61)53-46(85)44(83)45(84)50(104-53)58(94)95;/h13-14,16-17,24,31-33,35-38,42-53,59-61,76-77,81-89,98H,15,18-23,25-28H2,1-12H3,(H,69,91)(H,70,90)(H,71,78)(H,72,92)(H,73,96)(H,94,95);/q;+1/p-1/t31-,32-,33-,35-,36+,37+,38+,42-,43-,44-,45-,46+,47+,48+,49-,50-,51-,52-,53+,59+,60-,61-,68-;/m0./s1. The third-order valence-corrected chi connectivity index (χ3v) is 17.5. The van der Waals surface area contributed by atoms with Gasteiger partial charge < -0.3 is 150 Å². The molecule has 17 N–H and O–H groups in total. The molecule has 1 aromatic heterocycles. The summed E-state index contributed by atoms with van der Waals surface area (Å²) in [5, 5.41) is 166. The van der Waals surface area contributed by atoms with Crippen molar-refractivity contribution >= 4 is 70.5 Å². The minimum absolute atomic E-state index is 0. The van der Waals surface area contributed by atoms with Crippen LogP contribution in [0.4, 0.5) is 9.59 Å². The third kappa shape index (κ3) is 23.6. The zero-order valence-electron chi connectivity index (χ0n) is 63.1. The number of aliphatic hydroxyl groups is 12. The number of rotatable bonds is 26. The Kier molecular flexibility index (Phi) is 32.0. The van der Waals surface area contributed by atoms with Gasteiger partial charge in [0.05, 0.1) is 38.4 Å². The van der Waals surface area contributed by atoms with Gasteiger partial charge in [-0.15, -0.1) is 0 Å². The van der Waals surface area contributed by atoms with Crippen LogP contribution in [0.5, 0.6) is 0 Å². The molecular formula is C68H102N7NaO34. The van der Waals surface area contributed by atoms with E-state index in [4.69, 9.17) is 52.1 Å². The fraction of sp³-hybridized carbons (Fsp3) is 0.735. The molecule has 2 aromatic rings. The molecule has 1 aromatic carbocycles. The number of carboxylic acids is 1. The molecule has 0 radical (unpaired) electrons. The number of nitrogens with zero attached hydrogens (tertiary/aromatic N) is 3. The second-order valence-electron chi connectivity index (χ2n) is 30.8. The predicted molar refractivity (Wildman–Crippen MR) is 363 cm³/mol. The molecule has 0 bridgehead atoms. The number of alkyl carbamates (subject to hydrolysis) is 1. The predicted octanol–water partition coefficient (Wildman–Crippen LogP) is -9.82. The summed E-state index contributed by atoms with van der Waals surface area (Å²) in [6.07, 6.45) is -41.8. The molecule has 614 valence electrons. The maximum absolute atomic E-state index is 15.1. The summed E-state index contributed by atoms with van der Waals surface area (Å²) in [5.74, 6) is -8.90. The van der Waals surface area contributed by atoms with E-state index in [-0.39, 0.29) is 54.5 Å². The number of aliphatic carboxylic acids is 1. The van der Waals surface area contributed by atoms with Crippen LogP contribution in [0.25, 0.3) is 10.9 Å². The van der Waals surface area contributed by atoms with E-state index in [9.17, 15) is 110 Å². The average Bonchev–Trinajstić information content (AvgIpc) is 1.10. The molecule has 41 nitrogen and oxygen atoms in total. The number of hydrogen-bond acceptors (Lipinski definition) is 34. The number of aliphatic hydroxyl groups excluding tert-OH is 11. The number of benzene rings is 1. The largest absolute Gasteiger partial charge is 1.00 e. The van der Waals surface area contributed by atoms with Crippen molar-refractivity contribution in [2.24, 2.45) is 4.99 Å². The van der Waals surface area contributed by atoms with Gasteiger partial charge in [0.25, 0.3) is 0 Å². The Bertz CT molecular complexity index is 3560. The summed E-state index contributed by atoms with van der Waals surface area (Å²) in [6, 6.07) is -0.172. The zero-order chi connectivity index (χ0) is 81.5. The summed E-state index contributed by atoms with van der Waals surface area (Å²) >= 11 is 0. The van der Waals surface area contributed by atoms with Gasteiger partial charge in [-0.3, -0.25) is 38.3 Å². The first-order valence-electron chi connectivity index (χ1n) is 35.0. The molecule has 110 heavy (non-hydrogen) atoms. The molecular weight excluding hydrogens is 1480 g/mol. The van der Waals surface area contributed by atoms with Gasteiger partial charge in [0.15, 0.2) is 30.6 Å². The molecule has 5 aliphatic rings. The van der Waals surface area contributed by atoms with Gasteiger partial charge in [-0.1, -0.05) is 18.2 Å². The van der Waals surface area contributed by atoms with Crippen LogP contribution in [0, 0.1) is 0 Å². The van der Waals surface area contributed by atoms with Crippen molar-refractivity contribution in [2.75, 3.05) is 46.1 Å². The molecule has 7 rings (SSSR count). The molecule has 23 atom stereocenters. The van der Waals surface area contributed by atoms with E-state index in [1.807, 2.05) is 0 Å². The Labute approximate surface area is 652 Å².